The second kappa shape index (κ2) is 10.0. The first-order valence-electron chi connectivity index (χ1n) is 12.6. The van der Waals surface area contributed by atoms with Crippen molar-refractivity contribution in [3.63, 3.8) is 0 Å². The number of aromatic nitrogens is 1. The number of amides is 1. The van der Waals surface area contributed by atoms with E-state index in [2.05, 4.69) is 42.3 Å². The number of fused-ring (bicyclic) bond motifs is 2. The van der Waals surface area contributed by atoms with Crippen LogP contribution in [0.25, 0.3) is 21.8 Å². The van der Waals surface area contributed by atoms with Gasteiger partial charge in [0.15, 0.2) is 5.43 Å². The lowest BCUT2D eigenvalue weighted by Crippen LogP contribution is -2.38. The van der Waals surface area contributed by atoms with Crippen LogP contribution in [0.5, 0.6) is 0 Å². The molecular weight excluding hydrogens is 434 g/mol. The molecule has 2 atom stereocenters. The van der Waals surface area contributed by atoms with Crippen LogP contribution in [0.4, 0.5) is 0 Å². The van der Waals surface area contributed by atoms with Crippen LogP contribution in [0.3, 0.4) is 0 Å². The predicted molar refractivity (Wildman–Crippen MR) is 142 cm³/mol. The molecule has 1 N–H and O–H groups in total. The van der Waals surface area contributed by atoms with E-state index in [4.69, 9.17) is 0 Å². The molecule has 5 heteroatoms. The number of hydrogen-bond acceptors (Lipinski definition) is 3. The zero-order chi connectivity index (χ0) is 24.4. The lowest BCUT2D eigenvalue weighted by molar-refractivity contribution is -0.121. The smallest absolute Gasteiger partial charge is 0.240 e. The number of nitrogens with one attached hydrogen (secondary N) is 1. The number of nitrogens with zero attached hydrogens (tertiary/aromatic N) is 2. The van der Waals surface area contributed by atoms with Gasteiger partial charge in [-0.2, -0.15) is 0 Å². The third-order valence-corrected chi connectivity index (χ3v) is 7.11. The Morgan fingerprint density at radius 2 is 1.37 bits per heavy atom. The van der Waals surface area contributed by atoms with Crippen molar-refractivity contribution in [1.82, 2.24) is 14.8 Å². The Morgan fingerprint density at radius 1 is 0.829 bits per heavy atom. The van der Waals surface area contributed by atoms with Crippen molar-refractivity contribution < 1.29 is 4.79 Å². The summed E-state index contributed by atoms with van der Waals surface area (Å²) in [5.74, 6) is 1.36. The summed E-state index contributed by atoms with van der Waals surface area (Å²) in [7, 11) is 0. The van der Waals surface area contributed by atoms with E-state index in [9.17, 15) is 9.59 Å². The lowest BCUT2D eigenvalue weighted by Gasteiger charge is -2.35. The molecule has 1 aromatic heterocycles. The molecule has 1 amide bonds. The van der Waals surface area contributed by atoms with Gasteiger partial charge in [-0.05, 0) is 53.6 Å². The first-order chi connectivity index (χ1) is 17.0. The van der Waals surface area contributed by atoms with Gasteiger partial charge in [-0.15, -0.1) is 0 Å². The van der Waals surface area contributed by atoms with E-state index in [1.54, 1.807) is 0 Å². The maximum Gasteiger partial charge on any atom is 0.240 e. The van der Waals surface area contributed by atoms with Crippen molar-refractivity contribution in [1.29, 1.82) is 0 Å². The monoisotopic (exact) mass is 467 g/mol. The van der Waals surface area contributed by atoms with Crippen LogP contribution in [-0.2, 0) is 24.4 Å². The van der Waals surface area contributed by atoms with E-state index in [0.717, 1.165) is 36.2 Å². The first kappa shape index (κ1) is 23.3. The molecule has 1 saturated heterocycles. The van der Waals surface area contributed by atoms with Crippen LogP contribution in [0, 0.1) is 11.8 Å². The number of rotatable bonds is 6. The van der Waals surface area contributed by atoms with E-state index < -0.39 is 0 Å². The summed E-state index contributed by atoms with van der Waals surface area (Å²) < 4.78 is 1.95. The Hall–Kier alpha value is -3.44. The largest absolute Gasteiger partial charge is 0.350 e. The highest BCUT2D eigenvalue weighted by atomic mass is 16.2. The topological polar surface area (TPSA) is 54.3 Å². The van der Waals surface area contributed by atoms with Gasteiger partial charge in [0.25, 0.3) is 0 Å². The van der Waals surface area contributed by atoms with Gasteiger partial charge in [0, 0.05) is 37.0 Å². The Bertz CT molecular complexity index is 1350. The third-order valence-electron chi connectivity index (χ3n) is 7.11. The van der Waals surface area contributed by atoms with Gasteiger partial charge in [0.05, 0.1) is 11.0 Å². The molecule has 5 nitrogen and oxygen atoms in total. The number of para-hydroxylation sites is 2. The minimum Gasteiger partial charge on any atom is -0.350 e. The van der Waals surface area contributed by atoms with Crippen molar-refractivity contribution in [2.75, 3.05) is 13.1 Å². The number of carbonyl (C=O) groups excluding carboxylic acids is 1. The Morgan fingerprint density at radius 3 is 2.00 bits per heavy atom. The summed E-state index contributed by atoms with van der Waals surface area (Å²) >= 11 is 0. The predicted octanol–water partition coefficient (Wildman–Crippen LogP) is 4.95. The highest BCUT2D eigenvalue weighted by molar-refractivity contribution is 5.94. The summed E-state index contributed by atoms with van der Waals surface area (Å²) in [5, 5.41) is 4.40. The molecule has 4 aromatic rings. The van der Waals surface area contributed by atoms with Gasteiger partial charge in [-0.1, -0.05) is 62.4 Å². The van der Waals surface area contributed by atoms with Crippen LogP contribution in [0.1, 0.15) is 31.4 Å². The van der Waals surface area contributed by atoms with Gasteiger partial charge in [-0.25, -0.2) is 0 Å². The molecule has 2 unspecified atom stereocenters. The number of carbonyl (C=O) groups is 1. The Labute approximate surface area is 206 Å². The number of hydrogen-bond donors (Lipinski definition) is 1. The molecule has 35 heavy (non-hydrogen) atoms. The summed E-state index contributed by atoms with van der Waals surface area (Å²) in [4.78, 5) is 28.6. The summed E-state index contributed by atoms with van der Waals surface area (Å²) in [6.07, 6.45) is 1.29. The Balaban J connectivity index is 1.34. The standard InChI is InChI=1S/C30H33N3O2/c1-21-15-22(2)18-32(17-21)19-24-10-4-3-9-23(24)16-31-29(34)20-33-27-13-7-5-11-25(27)30(35)26-12-6-8-14-28(26)33/h3-14,21-22H,15-20H2,1-2H3,(H,31,34). The average molecular weight is 468 g/mol. The molecular formula is C30H33N3O2. The molecule has 0 bridgehead atoms. The molecule has 1 aliphatic rings. The molecule has 180 valence electrons. The van der Waals surface area contributed by atoms with E-state index in [1.165, 1.54) is 12.0 Å². The van der Waals surface area contributed by atoms with Crippen molar-refractivity contribution in [3.05, 3.63) is 94.1 Å². The highest BCUT2D eigenvalue weighted by Crippen LogP contribution is 2.24. The molecule has 3 aromatic carbocycles. The Kier molecular flexibility index (Phi) is 6.69. The fourth-order valence-electron chi connectivity index (χ4n) is 5.69. The van der Waals surface area contributed by atoms with Crippen molar-refractivity contribution in [2.45, 2.75) is 39.9 Å². The van der Waals surface area contributed by atoms with Gasteiger partial charge >= 0.3 is 0 Å². The van der Waals surface area contributed by atoms with Crippen LogP contribution >= 0.6 is 0 Å². The number of pyridine rings is 1. The average Bonchev–Trinajstić information content (AvgIpc) is 2.85. The van der Waals surface area contributed by atoms with Crippen molar-refractivity contribution >= 4 is 27.7 Å². The summed E-state index contributed by atoms with van der Waals surface area (Å²) in [6, 6.07) is 23.4. The van der Waals surface area contributed by atoms with Gasteiger partial charge in [0.2, 0.25) is 5.91 Å². The SMILES string of the molecule is CC1CC(C)CN(Cc2ccccc2CNC(=O)Cn2c3ccccc3c(=O)c3ccccc32)C1. The minimum absolute atomic E-state index is 0.00290. The van der Waals surface area contributed by atoms with E-state index in [-0.39, 0.29) is 17.9 Å². The van der Waals surface area contributed by atoms with Gasteiger partial charge < -0.3 is 9.88 Å². The molecule has 0 radical (unpaired) electrons. The molecule has 0 aliphatic carbocycles. The van der Waals surface area contributed by atoms with E-state index >= 15 is 0 Å². The van der Waals surface area contributed by atoms with Gasteiger partial charge in [-0.3, -0.25) is 14.5 Å². The lowest BCUT2D eigenvalue weighted by atomic mass is 9.91. The van der Waals surface area contributed by atoms with Crippen molar-refractivity contribution in [2.24, 2.45) is 11.8 Å². The molecule has 5 rings (SSSR count). The van der Waals surface area contributed by atoms with Crippen LogP contribution in [0.2, 0.25) is 0 Å². The number of benzene rings is 3. The minimum atomic E-state index is -0.0704. The summed E-state index contributed by atoms with van der Waals surface area (Å²) in [6.45, 7) is 8.47. The van der Waals surface area contributed by atoms with Crippen LogP contribution < -0.4 is 10.7 Å². The number of piperidine rings is 1. The quantitative estimate of drug-likeness (QED) is 0.408. The molecule has 1 fully saturated rings. The zero-order valence-electron chi connectivity index (χ0n) is 20.5. The van der Waals surface area contributed by atoms with Gasteiger partial charge in [0.1, 0.15) is 6.54 Å². The molecule has 0 saturated carbocycles. The molecule has 2 heterocycles. The third kappa shape index (κ3) is 5.01. The highest BCUT2D eigenvalue weighted by Gasteiger charge is 2.22. The number of likely N-dealkylation sites (tertiary alicyclic amines) is 1. The fourth-order valence-corrected chi connectivity index (χ4v) is 5.69. The maximum atomic E-state index is 13.1. The van der Waals surface area contributed by atoms with Crippen molar-refractivity contribution in [3.8, 4) is 0 Å². The summed E-state index contributed by atoms with van der Waals surface area (Å²) in [5.41, 5.74) is 3.98. The van der Waals surface area contributed by atoms with E-state index in [1.807, 2.05) is 59.2 Å². The molecule has 0 spiro atoms. The van der Waals surface area contributed by atoms with E-state index in [0.29, 0.717) is 29.2 Å². The fraction of sp³-hybridized carbons (Fsp3) is 0.333. The second-order valence-corrected chi connectivity index (χ2v) is 10.1. The molecule has 1 aliphatic heterocycles. The normalized spacial score (nSPS) is 18.7. The van der Waals surface area contributed by atoms with Crippen LogP contribution in [-0.4, -0.2) is 28.5 Å². The second-order valence-electron chi connectivity index (χ2n) is 10.1. The first-order valence-corrected chi connectivity index (χ1v) is 12.6. The maximum absolute atomic E-state index is 13.1. The zero-order valence-corrected chi connectivity index (χ0v) is 20.5. The van der Waals surface area contributed by atoms with Crippen LogP contribution in [0.15, 0.2) is 77.6 Å².